The zero-order valence-corrected chi connectivity index (χ0v) is 11.4. The van der Waals surface area contributed by atoms with Gasteiger partial charge in [-0.1, -0.05) is 13.8 Å². The van der Waals surface area contributed by atoms with E-state index < -0.39 is 5.91 Å². The maximum atomic E-state index is 11.7. The third kappa shape index (κ3) is 3.30. The lowest BCUT2D eigenvalue weighted by Gasteiger charge is -2.06. The second-order valence-corrected chi connectivity index (χ2v) is 5.72. The second kappa shape index (κ2) is 5.31. The fourth-order valence-corrected chi connectivity index (χ4v) is 2.64. The predicted molar refractivity (Wildman–Crippen MR) is 70.4 cm³/mol. The van der Waals surface area contributed by atoms with Crippen molar-refractivity contribution in [2.24, 2.45) is 11.7 Å². The van der Waals surface area contributed by atoms with E-state index in [4.69, 9.17) is 5.73 Å². The van der Waals surface area contributed by atoms with Crippen molar-refractivity contribution in [1.82, 2.24) is 0 Å². The van der Waals surface area contributed by atoms with Crippen LogP contribution in [0.1, 0.15) is 41.1 Å². The molecule has 0 radical (unpaired) electrons. The molecule has 5 heteroatoms. The zero-order valence-electron chi connectivity index (χ0n) is 10.6. The van der Waals surface area contributed by atoms with Crippen LogP contribution in [0.25, 0.3) is 0 Å². The quantitative estimate of drug-likeness (QED) is 0.866. The van der Waals surface area contributed by atoms with Crippen molar-refractivity contribution in [2.75, 3.05) is 5.32 Å². The average Bonchev–Trinajstić information content (AvgIpc) is 2.40. The molecule has 2 amide bonds. The van der Waals surface area contributed by atoms with Gasteiger partial charge in [0.1, 0.15) is 5.00 Å². The summed E-state index contributed by atoms with van der Waals surface area (Å²) in [5.41, 5.74) is 6.61. The van der Waals surface area contributed by atoms with E-state index in [0.717, 1.165) is 10.4 Å². The number of carbonyl (C=O) groups excluding carboxylic acids is 2. The van der Waals surface area contributed by atoms with Crippen LogP contribution in [0, 0.1) is 19.8 Å². The van der Waals surface area contributed by atoms with E-state index in [2.05, 4.69) is 5.32 Å². The fraction of sp³-hybridized carbons (Fsp3) is 0.500. The number of nitrogens with two attached hydrogens (primary N) is 1. The van der Waals surface area contributed by atoms with E-state index >= 15 is 0 Å². The molecule has 0 aliphatic heterocycles. The average molecular weight is 254 g/mol. The van der Waals surface area contributed by atoms with Crippen LogP contribution >= 0.6 is 11.3 Å². The molecule has 1 rings (SSSR count). The van der Waals surface area contributed by atoms with Crippen molar-refractivity contribution in [3.8, 4) is 0 Å². The lowest BCUT2D eigenvalue weighted by molar-refractivity contribution is -0.116. The Balaban J connectivity index is 2.95. The number of thiophene rings is 1. The Labute approximate surface area is 105 Å². The first kappa shape index (κ1) is 13.7. The molecule has 1 aromatic rings. The van der Waals surface area contributed by atoms with Gasteiger partial charge in [0.05, 0.1) is 5.56 Å². The van der Waals surface area contributed by atoms with Crippen LogP contribution < -0.4 is 11.1 Å². The molecule has 0 fully saturated rings. The lowest BCUT2D eigenvalue weighted by Crippen LogP contribution is -2.18. The van der Waals surface area contributed by atoms with E-state index in [1.165, 1.54) is 11.3 Å². The van der Waals surface area contributed by atoms with Crippen molar-refractivity contribution < 1.29 is 9.59 Å². The van der Waals surface area contributed by atoms with Crippen LogP contribution in [0.15, 0.2) is 0 Å². The smallest absolute Gasteiger partial charge is 0.251 e. The summed E-state index contributed by atoms with van der Waals surface area (Å²) in [6, 6.07) is 0. The molecule has 0 bridgehead atoms. The minimum atomic E-state index is -0.494. The Morgan fingerprint density at radius 2 is 1.94 bits per heavy atom. The van der Waals surface area contributed by atoms with Crippen LogP contribution in [-0.2, 0) is 4.79 Å². The SMILES string of the molecule is Cc1sc(NC(=O)CC(C)C)c(C(N)=O)c1C. The van der Waals surface area contributed by atoms with Crippen LogP contribution in [-0.4, -0.2) is 11.8 Å². The molecular weight excluding hydrogens is 236 g/mol. The Morgan fingerprint density at radius 1 is 1.35 bits per heavy atom. The summed E-state index contributed by atoms with van der Waals surface area (Å²) >= 11 is 1.39. The Kier molecular flexibility index (Phi) is 4.28. The molecule has 1 aromatic heterocycles. The highest BCUT2D eigenvalue weighted by Crippen LogP contribution is 2.32. The Morgan fingerprint density at radius 3 is 2.41 bits per heavy atom. The topological polar surface area (TPSA) is 72.2 Å². The summed E-state index contributed by atoms with van der Waals surface area (Å²) in [6.07, 6.45) is 0.439. The van der Waals surface area contributed by atoms with E-state index in [9.17, 15) is 9.59 Å². The van der Waals surface area contributed by atoms with Crippen molar-refractivity contribution >= 4 is 28.2 Å². The van der Waals surface area contributed by atoms with Gasteiger partial charge in [-0.05, 0) is 25.3 Å². The molecule has 0 saturated carbocycles. The number of nitrogens with one attached hydrogen (secondary N) is 1. The van der Waals surface area contributed by atoms with Crippen molar-refractivity contribution in [3.05, 3.63) is 16.0 Å². The van der Waals surface area contributed by atoms with Gasteiger partial charge in [-0.2, -0.15) is 0 Å². The number of rotatable bonds is 4. The summed E-state index contributed by atoms with van der Waals surface area (Å²) < 4.78 is 0. The van der Waals surface area contributed by atoms with Gasteiger partial charge in [-0.25, -0.2) is 0 Å². The number of carbonyl (C=O) groups is 2. The maximum Gasteiger partial charge on any atom is 0.251 e. The summed E-state index contributed by atoms with van der Waals surface area (Å²) in [5.74, 6) is -0.287. The molecule has 0 aliphatic rings. The number of aryl methyl sites for hydroxylation is 1. The molecule has 1 heterocycles. The zero-order chi connectivity index (χ0) is 13.2. The molecule has 0 unspecified atom stereocenters. The van der Waals surface area contributed by atoms with Crippen molar-refractivity contribution in [2.45, 2.75) is 34.1 Å². The maximum absolute atomic E-state index is 11.7. The van der Waals surface area contributed by atoms with E-state index in [1.807, 2.05) is 27.7 Å². The molecule has 17 heavy (non-hydrogen) atoms. The lowest BCUT2D eigenvalue weighted by atomic mass is 10.1. The van der Waals surface area contributed by atoms with Gasteiger partial charge in [-0.15, -0.1) is 11.3 Å². The number of hydrogen-bond acceptors (Lipinski definition) is 3. The predicted octanol–water partition coefficient (Wildman–Crippen LogP) is 2.45. The van der Waals surface area contributed by atoms with Crippen LogP contribution in [0.3, 0.4) is 0 Å². The standard InChI is InChI=1S/C12H18N2O2S/c1-6(2)5-9(15)14-12-10(11(13)16)7(3)8(4)17-12/h6H,5H2,1-4H3,(H2,13,16)(H,14,15). The van der Waals surface area contributed by atoms with Crippen molar-refractivity contribution in [3.63, 3.8) is 0 Å². The fourth-order valence-electron chi connectivity index (χ4n) is 1.56. The highest BCUT2D eigenvalue weighted by molar-refractivity contribution is 7.16. The van der Waals surface area contributed by atoms with Gasteiger partial charge in [0.25, 0.3) is 5.91 Å². The Hall–Kier alpha value is -1.36. The summed E-state index contributed by atoms with van der Waals surface area (Å²) in [7, 11) is 0. The van der Waals surface area contributed by atoms with Crippen LogP contribution in [0.4, 0.5) is 5.00 Å². The summed E-state index contributed by atoms with van der Waals surface area (Å²) in [4.78, 5) is 24.0. The minimum absolute atomic E-state index is 0.0799. The summed E-state index contributed by atoms with van der Waals surface area (Å²) in [5, 5.41) is 3.33. The highest BCUT2D eigenvalue weighted by atomic mass is 32.1. The first-order chi connectivity index (χ1) is 7.82. The van der Waals surface area contributed by atoms with Gasteiger partial charge in [0.2, 0.25) is 5.91 Å². The molecule has 0 aliphatic carbocycles. The van der Waals surface area contributed by atoms with Gasteiger partial charge in [0.15, 0.2) is 0 Å². The molecule has 4 nitrogen and oxygen atoms in total. The van der Waals surface area contributed by atoms with E-state index in [0.29, 0.717) is 17.0 Å². The van der Waals surface area contributed by atoms with Gasteiger partial charge < -0.3 is 11.1 Å². The number of hydrogen-bond donors (Lipinski definition) is 2. The van der Waals surface area contributed by atoms with E-state index in [-0.39, 0.29) is 11.8 Å². The number of amides is 2. The molecule has 94 valence electrons. The third-order valence-corrected chi connectivity index (χ3v) is 3.60. The molecular formula is C12H18N2O2S. The third-order valence-electron chi connectivity index (χ3n) is 2.48. The largest absolute Gasteiger partial charge is 0.365 e. The molecule has 0 saturated heterocycles. The first-order valence-electron chi connectivity index (χ1n) is 5.52. The first-order valence-corrected chi connectivity index (χ1v) is 6.34. The van der Waals surface area contributed by atoms with Gasteiger partial charge >= 0.3 is 0 Å². The normalized spacial score (nSPS) is 10.6. The van der Waals surface area contributed by atoms with Gasteiger partial charge in [-0.3, -0.25) is 9.59 Å². The number of anilines is 1. The Bertz CT molecular complexity index is 450. The molecule has 0 aromatic carbocycles. The van der Waals surface area contributed by atoms with Crippen molar-refractivity contribution in [1.29, 1.82) is 0 Å². The van der Waals surface area contributed by atoms with E-state index in [1.54, 1.807) is 0 Å². The highest BCUT2D eigenvalue weighted by Gasteiger charge is 2.18. The number of primary amides is 1. The minimum Gasteiger partial charge on any atom is -0.365 e. The summed E-state index contributed by atoms with van der Waals surface area (Å²) in [6.45, 7) is 7.69. The van der Waals surface area contributed by atoms with Gasteiger partial charge in [0, 0.05) is 11.3 Å². The molecule has 0 spiro atoms. The van der Waals surface area contributed by atoms with Crippen LogP contribution in [0.5, 0.6) is 0 Å². The molecule has 3 N–H and O–H groups in total. The van der Waals surface area contributed by atoms with Crippen LogP contribution in [0.2, 0.25) is 0 Å². The second-order valence-electron chi connectivity index (χ2n) is 4.50. The monoisotopic (exact) mass is 254 g/mol. The molecule has 0 atom stereocenters.